The maximum absolute atomic E-state index is 13.2. The second-order valence-electron chi connectivity index (χ2n) is 31.8. The number of ether oxygens (including phenoxy) is 4. The summed E-state index contributed by atoms with van der Waals surface area (Å²) in [7, 11) is -9.93. The van der Waals surface area contributed by atoms with Crippen LogP contribution in [0.4, 0.5) is 0 Å². The van der Waals surface area contributed by atoms with Crippen LogP contribution in [-0.2, 0) is 65.4 Å². The third-order valence-corrected chi connectivity index (χ3v) is 22.4. The Bertz CT molecular complexity index is 2010. The Balaban J connectivity index is 5.20. The molecular weight excluding hydrogens is 1380 g/mol. The zero-order valence-electron chi connectivity index (χ0n) is 69.6. The number of unbranched alkanes of at least 4 members (excludes halogenated alkanes) is 59. The molecule has 0 fully saturated rings. The highest BCUT2D eigenvalue weighted by Gasteiger charge is 2.30. The predicted molar refractivity (Wildman–Crippen MR) is 437 cm³/mol. The summed E-state index contributed by atoms with van der Waals surface area (Å²) in [5, 5.41) is 10.7. The number of phosphoric acid groups is 2. The molecule has 3 N–H and O–H groups in total. The number of phosphoric ester groups is 2. The number of carbonyl (C=O) groups excluding carboxylic acids is 4. The van der Waals surface area contributed by atoms with Crippen LogP contribution in [0.2, 0.25) is 0 Å². The fraction of sp³-hybridized carbons (Fsp3) is 0.954. The molecule has 0 radical (unpaired) electrons. The highest BCUT2D eigenvalue weighted by Crippen LogP contribution is 2.45. The SMILES string of the molecule is CCCCCCCCCCCCCCCCCCCCCCC(=O)O[C@H](COC(=O)CCCCCCCCCCCCCCCCCCCCC)COP(=O)(O)OC[C@@H](O)COP(=O)(O)OC[C@@H](COC(=O)CCCCCCCCC(C)C)OC(=O)CCCCCCCCCCCCCCCCCCCC. The lowest BCUT2D eigenvalue weighted by Crippen LogP contribution is -2.30. The van der Waals surface area contributed by atoms with Gasteiger partial charge in [-0.15, -0.1) is 0 Å². The van der Waals surface area contributed by atoms with Crippen LogP contribution in [-0.4, -0.2) is 96.7 Å². The monoisotopic (exact) mass is 1550 g/mol. The van der Waals surface area contributed by atoms with E-state index in [9.17, 15) is 43.2 Å². The van der Waals surface area contributed by atoms with Crippen molar-refractivity contribution in [2.75, 3.05) is 39.6 Å². The molecular formula is C87H170O17P2. The first-order chi connectivity index (χ1) is 51.5. The maximum Gasteiger partial charge on any atom is 0.472 e. The van der Waals surface area contributed by atoms with Crippen LogP contribution in [0.25, 0.3) is 0 Å². The van der Waals surface area contributed by atoms with E-state index in [4.69, 9.17) is 37.0 Å². The molecule has 106 heavy (non-hydrogen) atoms. The summed E-state index contributed by atoms with van der Waals surface area (Å²) in [4.78, 5) is 73.2. The van der Waals surface area contributed by atoms with E-state index >= 15 is 0 Å². The number of carbonyl (C=O) groups is 4. The van der Waals surface area contributed by atoms with E-state index in [1.807, 2.05) is 0 Å². The molecule has 0 saturated heterocycles. The van der Waals surface area contributed by atoms with E-state index in [0.29, 0.717) is 31.6 Å². The van der Waals surface area contributed by atoms with Crippen molar-refractivity contribution in [1.82, 2.24) is 0 Å². The van der Waals surface area contributed by atoms with Gasteiger partial charge in [-0.05, 0) is 31.6 Å². The first-order valence-corrected chi connectivity index (χ1v) is 48.1. The van der Waals surface area contributed by atoms with Gasteiger partial charge >= 0.3 is 39.5 Å². The van der Waals surface area contributed by atoms with Crippen LogP contribution in [0.15, 0.2) is 0 Å². The fourth-order valence-electron chi connectivity index (χ4n) is 13.6. The van der Waals surface area contributed by atoms with Crippen molar-refractivity contribution in [2.45, 2.75) is 490 Å². The van der Waals surface area contributed by atoms with Gasteiger partial charge in [-0.25, -0.2) is 9.13 Å². The van der Waals surface area contributed by atoms with E-state index < -0.39 is 97.5 Å². The summed E-state index contributed by atoms with van der Waals surface area (Å²) < 4.78 is 68.9. The van der Waals surface area contributed by atoms with Crippen LogP contribution in [0.1, 0.15) is 471 Å². The van der Waals surface area contributed by atoms with E-state index in [0.717, 1.165) is 96.3 Å². The summed E-state index contributed by atoms with van der Waals surface area (Å²) >= 11 is 0. The Labute approximate surface area is 651 Å². The van der Waals surface area contributed by atoms with Gasteiger partial charge in [0.15, 0.2) is 12.2 Å². The van der Waals surface area contributed by atoms with E-state index in [1.165, 1.54) is 289 Å². The van der Waals surface area contributed by atoms with Gasteiger partial charge in [0.1, 0.15) is 19.3 Å². The van der Waals surface area contributed by atoms with Crippen molar-refractivity contribution in [3.63, 3.8) is 0 Å². The van der Waals surface area contributed by atoms with Crippen molar-refractivity contribution in [3.8, 4) is 0 Å². The first kappa shape index (κ1) is 104. The smallest absolute Gasteiger partial charge is 0.462 e. The molecule has 0 aromatic heterocycles. The van der Waals surface area contributed by atoms with Crippen molar-refractivity contribution in [2.24, 2.45) is 5.92 Å². The number of rotatable bonds is 87. The Morgan fingerprint density at radius 1 is 0.255 bits per heavy atom. The summed E-state index contributed by atoms with van der Waals surface area (Å²) in [5.41, 5.74) is 0. The number of hydrogen-bond acceptors (Lipinski definition) is 15. The molecule has 0 rings (SSSR count). The Hall–Kier alpha value is -1.94. The van der Waals surface area contributed by atoms with Crippen LogP contribution in [0.5, 0.6) is 0 Å². The standard InChI is InChI=1S/C87H170O17P2/c1-6-9-12-15-18-21-24-27-30-33-36-38-41-44-47-50-53-56-63-67-72-86(91)103-82(76-97-84(89)70-65-60-54-51-48-45-42-40-37-34-31-28-25-22-19-16-13-10-7-2)78-101-105(93,94)99-74-81(88)75-100-106(95,96)102-79-83(77-98-85(90)71-66-61-58-57-59-64-69-80(4)5)104-87(92)73-68-62-55-52-49-46-43-39-35-32-29-26-23-20-17-14-11-8-3/h80-83,88H,6-79H2,1-5H3,(H,93,94)(H,95,96)/t81-,82-,83-/m1/s1. The van der Waals surface area contributed by atoms with Crippen LogP contribution < -0.4 is 0 Å². The lowest BCUT2D eigenvalue weighted by Gasteiger charge is -2.21. The quantitative estimate of drug-likeness (QED) is 0.0222. The summed E-state index contributed by atoms with van der Waals surface area (Å²) in [5.74, 6) is -1.42. The number of aliphatic hydroxyl groups is 1. The second-order valence-corrected chi connectivity index (χ2v) is 34.7. The second kappa shape index (κ2) is 79.7. The molecule has 2 unspecified atom stereocenters. The molecule has 0 spiro atoms. The third-order valence-electron chi connectivity index (χ3n) is 20.5. The van der Waals surface area contributed by atoms with Gasteiger partial charge in [0.25, 0.3) is 0 Å². The van der Waals surface area contributed by atoms with Gasteiger partial charge in [0, 0.05) is 25.7 Å². The van der Waals surface area contributed by atoms with Crippen LogP contribution in [0, 0.1) is 5.92 Å². The van der Waals surface area contributed by atoms with Crippen molar-refractivity contribution in [3.05, 3.63) is 0 Å². The van der Waals surface area contributed by atoms with Crippen molar-refractivity contribution >= 4 is 39.5 Å². The van der Waals surface area contributed by atoms with Gasteiger partial charge in [0.05, 0.1) is 26.4 Å². The highest BCUT2D eigenvalue weighted by molar-refractivity contribution is 7.47. The Morgan fingerprint density at radius 3 is 0.642 bits per heavy atom. The zero-order chi connectivity index (χ0) is 77.6. The summed E-state index contributed by atoms with van der Waals surface area (Å²) in [6.07, 6.45) is 73.9. The van der Waals surface area contributed by atoms with E-state index in [1.54, 1.807) is 0 Å². The van der Waals surface area contributed by atoms with E-state index in [2.05, 4.69) is 34.6 Å². The molecule has 0 heterocycles. The minimum atomic E-state index is -4.97. The number of hydrogen-bond donors (Lipinski definition) is 3. The van der Waals surface area contributed by atoms with Gasteiger partial charge in [-0.1, -0.05) is 420 Å². The number of aliphatic hydroxyl groups excluding tert-OH is 1. The molecule has 17 nitrogen and oxygen atoms in total. The van der Waals surface area contributed by atoms with Crippen LogP contribution in [0.3, 0.4) is 0 Å². The van der Waals surface area contributed by atoms with Crippen molar-refractivity contribution in [1.29, 1.82) is 0 Å². The molecule has 0 aromatic rings. The topological polar surface area (TPSA) is 237 Å². The average Bonchev–Trinajstić information content (AvgIpc) is 0.905. The van der Waals surface area contributed by atoms with Gasteiger partial charge < -0.3 is 33.8 Å². The Morgan fingerprint density at radius 2 is 0.434 bits per heavy atom. The molecule has 0 saturated carbocycles. The molecule has 0 amide bonds. The molecule has 0 aliphatic carbocycles. The first-order valence-electron chi connectivity index (χ1n) is 45.1. The molecule has 0 aliphatic heterocycles. The molecule has 0 bridgehead atoms. The summed E-state index contributed by atoms with van der Waals surface area (Å²) in [6.45, 7) is 7.29. The highest BCUT2D eigenvalue weighted by atomic mass is 31.2. The fourth-order valence-corrected chi connectivity index (χ4v) is 15.2. The molecule has 0 aromatic carbocycles. The molecule has 630 valence electrons. The lowest BCUT2D eigenvalue weighted by molar-refractivity contribution is -0.161. The molecule has 5 atom stereocenters. The summed E-state index contributed by atoms with van der Waals surface area (Å²) in [6, 6.07) is 0. The normalized spacial score (nSPS) is 13.7. The molecule has 19 heteroatoms. The number of esters is 4. The van der Waals surface area contributed by atoms with Crippen LogP contribution >= 0.6 is 15.6 Å². The lowest BCUT2D eigenvalue weighted by atomic mass is 10.0. The maximum atomic E-state index is 13.2. The van der Waals surface area contributed by atoms with Gasteiger partial charge in [-0.2, -0.15) is 0 Å². The van der Waals surface area contributed by atoms with E-state index in [-0.39, 0.29) is 25.7 Å². The Kier molecular flexibility index (Phi) is 78.2. The molecule has 0 aliphatic rings. The largest absolute Gasteiger partial charge is 0.472 e. The third kappa shape index (κ3) is 80.1. The minimum absolute atomic E-state index is 0.108. The zero-order valence-corrected chi connectivity index (χ0v) is 71.4. The van der Waals surface area contributed by atoms with Crippen molar-refractivity contribution < 1.29 is 80.2 Å². The van der Waals surface area contributed by atoms with Gasteiger partial charge in [0.2, 0.25) is 0 Å². The minimum Gasteiger partial charge on any atom is -0.462 e. The predicted octanol–water partition coefficient (Wildman–Crippen LogP) is 26.8. The van der Waals surface area contributed by atoms with Gasteiger partial charge in [-0.3, -0.25) is 37.3 Å². The average molecular weight is 1550 g/mol.